The van der Waals surface area contributed by atoms with Gasteiger partial charge in [-0.25, -0.2) is 13.2 Å². The fourth-order valence-electron chi connectivity index (χ4n) is 3.96. The van der Waals surface area contributed by atoms with Crippen LogP contribution in [-0.4, -0.2) is 49.7 Å². The highest BCUT2D eigenvalue weighted by Crippen LogP contribution is 2.27. The van der Waals surface area contributed by atoms with E-state index in [1.54, 1.807) is 0 Å². The van der Waals surface area contributed by atoms with Crippen molar-refractivity contribution in [2.24, 2.45) is 17.6 Å². The number of rotatable bonds is 7. The van der Waals surface area contributed by atoms with Crippen LogP contribution in [-0.2, 0) is 19.6 Å². The summed E-state index contributed by atoms with van der Waals surface area (Å²) < 4.78 is 32.7. The lowest BCUT2D eigenvalue weighted by Gasteiger charge is -2.34. The van der Waals surface area contributed by atoms with Crippen molar-refractivity contribution in [3.63, 3.8) is 0 Å². The predicted molar refractivity (Wildman–Crippen MR) is 127 cm³/mol. The summed E-state index contributed by atoms with van der Waals surface area (Å²) in [5.74, 6) is -1.34. The highest BCUT2D eigenvalue weighted by atomic mass is 32.2. The number of nitrogens with zero attached hydrogens (tertiary/aromatic N) is 1. The molecule has 9 nitrogen and oxygen atoms in total. The Morgan fingerprint density at radius 1 is 0.971 bits per heavy atom. The molecular weight excluding hydrogens is 458 g/mol. The summed E-state index contributed by atoms with van der Waals surface area (Å²) in [6, 6.07) is 11.5. The van der Waals surface area contributed by atoms with Crippen LogP contribution in [0.25, 0.3) is 0 Å². The van der Waals surface area contributed by atoms with E-state index in [2.05, 4.69) is 5.32 Å². The Balaban J connectivity index is 1.61. The average molecular weight is 488 g/mol. The van der Waals surface area contributed by atoms with Gasteiger partial charge in [0.1, 0.15) is 0 Å². The van der Waals surface area contributed by atoms with Gasteiger partial charge in [0.2, 0.25) is 15.9 Å². The molecule has 3 N–H and O–H groups in total. The minimum absolute atomic E-state index is 0.107. The van der Waals surface area contributed by atoms with Gasteiger partial charge in [0.05, 0.1) is 10.5 Å². The minimum Gasteiger partial charge on any atom is -0.449 e. The molecule has 2 aromatic carbocycles. The summed E-state index contributed by atoms with van der Waals surface area (Å²) in [6.45, 7) is 6.42. The fraction of sp³-hybridized carbons (Fsp3) is 0.375. The van der Waals surface area contributed by atoms with Crippen molar-refractivity contribution < 1.29 is 27.5 Å². The van der Waals surface area contributed by atoms with E-state index in [0.717, 1.165) is 6.42 Å². The molecule has 10 heteroatoms. The molecule has 2 aromatic rings. The lowest BCUT2D eigenvalue weighted by Crippen LogP contribution is -2.42. The van der Waals surface area contributed by atoms with Crippen LogP contribution in [0, 0.1) is 11.8 Å². The molecule has 1 heterocycles. The summed E-state index contributed by atoms with van der Waals surface area (Å²) >= 11 is 0. The van der Waals surface area contributed by atoms with Crippen LogP contribution in [0.3, 0.4) is 0 Å². The molecule has 1 aliphatic rings. The molecule has 3 atom stereocenters. The second kappa shape index (κ2) is 10.4. The van der Waals surface area contributed by atoms with Gasteiger partial charge in [-0.05, 0) is 73.7 Å². The molecule has 0 radical (unpaired) electrons. The third-order valence-electron chi connectivity index (χ3n) is 5.65. The number of piperidine rings is 1. The van der Waals surface area contributed by atoms with E-state index >= 15 is 0 Å². The number of benzene rings is 2. The molecule has 0 spiro atoms. The van der Waals surface area contributed by atoms with Crippen LogP contribution in [0.4, 0.5) is 5.69 Å². The smallest absolute Gasteiger partial charge is 0.338 e. The number of sulfonamides is 1. The minimum atomic E-state index is -3.66. The maximum Gasteiger partial charge on any atom is 0.338 e. The molecule has 1 saturated heterocycles. The van der Waals surface area contributed by atoms with E-state index in [1.807, 2.05) is 13.8 Å². The van der Waals surface area contributed by atoms with Crippen molar-refractivity contribution in [3.05, 3.63) is 59.7 Å². The lowest BCUT2D eigenvalue weighted by atomic mass is 9.94. The Morgan fingerprint density at radius 3 is 2.03 bits per heavy atom. The molecule has 2 amide bonds. The van der Waals surface area contributed by atoms with E-state index < -0.39 is 33.9 Å². The number of anilines is 1. The highest BCUT2D eigenvalue weighted by Gasteiger charge is 2.31. The Labute approximate surface area is 199 Å². The van der Waals surface area contributed by atoms with Gasteiger partial charge in [-0.15, -0.1) is 0 Å². The van der Waals surface area contributed by atoms with Crippen molar-refractivity contribution >= 4 is 33.5 Å². The van der Waals surface area contributed by atoms with Gasteiger partial charge in [-0.1, -0.05) is 13.8 Å². The Morgan fingerprint density at radius 2 is 1.50 bits per heavy atom. The van der Waals surface area contributed by atoms with Gasteiger partial charge in [0.15, 0.2) is 6.10 Å². The molecule has 182 valence electrons. The summed E-state index contributed by atoms with van der Waals surface area (Å²) in [5, 5.41) is 2.58. The number of hydrogen-bond donors (Lipinski definition) is 2. The number of nitrogens with one attached hydrogen (secondary N) is 1. The highest BCUT2D eigenvalue weighted by molar-refractivity contribution is 7.89. The van der Waals surface area contributed by atoms with E-state index in [4.69, 9.17) is 10.5 Å². The van der Waals surface area contributed by atoms with Gasteiger partial charge >= 0.3 is 5.97 Å². The van der Waals surface area contributed by atoms with Crippen LogP contribution in [0.15, 0.2) is 53.4 Å². The zero-order valence-electron chi connectivity index (χ0n) is 19.4. The molecule has 34 heavy (non-hydrogen) atoms. The average Bonchev–Trinajstić information content (AvgIpc) is 2.78. The summed E-state index contributed by atoms with van der Waals surface area (Å²) in [4.78, 5) is 36.0. The molecule has 0 aromatic heterocycles. The third-order valence-corrected chi connectivity index (χ3v) is 7.50. The number of carbonyl (C=O) groups excluding carboxylic acids is 3. The van der Waals surface area contributed by atoms with Crippen LogP contribution in [0.2, 0.25) is 0 Å². The molecular formula is C24H29N3O6S. The quantitative estimate of drug-likeness (QED) is 0.576. The zero-order valence-corrected chi connectivity index (χ0v) is 20.2. The second-order valence-electron chi connectivity index (χ2n) is 8.77. The van der Waals surface area contributed by atoms with Crippen molar-refractivity contribution in [2.75, 3.05) is 18.4 Å². The predicted octanol–water partition coefficient (Wildman–Crippen LogP) is 2.64. The van der Waals surface area contributed by atoms with Crippen molar-refractivity contribution in [2.45, 2.75) is 38.2 Å². The van der Waals surface area contributed by atoms with Gasteiger partial charge in [0, 0.05) is 24.3 Å². The second-order valence-corrected chi connectivity index (χ2v) is 10.7. The van der Waals surface area contributed by atoms with E-state index in [1.165, 1.54) is 59.8 Å². The van der Waals surface area contributed by atoms with Crippen molar-refractivity contribution in [1.29, 1.82) is 0 Å². The zero-order chi connectivity index (χ0) is 25.0. The first kappa shape index (κ1) is 25.4. The van der Waals surface area contributed by atoms with Crippen LogP contribution in [0.1, 0.15) is 47.9 Å². The summed E-state index contributed by atoms with van der Waals surface area (Å²) in [5.41, 5.74) is 6.02. The number of hydrogen-bond acceptors (Lipinski definition) is 6. The van der Waals surface area contributed by atoms with Crippen LogP contribution in [0.5, 0.6) is 0 Å². The number of primary amides is 1. The molecule has 3 rings (SSSR count). The molecule has 1 fully saturated rings. The summed E-state index contributed by atoms with van der Waals surface area (Å²) in [6.07, 6.45) is -0.121. The van der Waals surface area contributed by atoms with Gasteiger partial charge < -0.3 is 15.8 Å². The monoisotopic (exact) mass is 487 g/mol. The Hall–Kier alpha value is -3.24. The molecule has 1 aliphatic heterocycles. The van der Waals surface area contributed by atoms with Crippen molar-refractivity contribution in [1.82, 2.24) is 4.31 Å². The number of nitrogens with two attached hydrogens (primary N) is 1. The van der Waals surface area contributed by atoms with Crippen LogP contribution >= 0.6 is 0 Å². The lowest BCUT2D eigenvalue weighted by molar-refractivity contribution is -0.123. The van der Waals surface area contributed by atoms with Crippen LogP contribution < -0.4 is 11.1 Å². The van der Waals surface area contributed by atoms with E-state index in [0.29, 0.717) is 24.3 Å². The van der Waals surface area contributed by atoms with Gasteiger partial charge in [0.25, 0.3) is 5.91 Å². The molecule has 0 bridgehead atoms. The number of carbonyl (C=O) groups is 3. The fourth-order valence-corrected chi connectivity index (χ4v) is 5.64. The Kier molecular flexibility index (Phi) is 7.73. The van der Waals surface area contributed by atoms with E-state index in [-0.39, 0.29) is 22.3 Å². The first-order valence-corrected chi connectivity index (χ1v) is 12.4. The standard InChI is InChI=1S/C24H29N3O6S/c1-15-12-16(2)14-27(13-15)34(31,32)21-10-6-19(7-11-21)24(30)33-17(3)23(29)26-20-8-4-18(5-9-20)22(25)28/h4-11,15-17H,12-14H2,1-3H3,(H2,25,28)(H,26,29)/t15-,16+,17-/m0/s1. The topological polar surface area (TPSA) is 136 Å². The van der Waals surface area contributed by atoms with Gasteiger partial charge in [-0.3, -0.25) is 9.59 Å². The molecule has 0 aliphatic carbocycles. The first-order chi connectivity index (χ1) is 16.0. The molecule has 0 saturated carbocycles. The first-order valence-electron chi connectivity index (χ1n) is 11.0. The number of ether oxygens (including phenoxy) is 1. The Bertz CT molecular complexity index is 1150. The van der Waals surface area contributed by atoms with E-state index in [9.17, 15) is 22.8 Å². The number of amides is 2. The maximum atomic E-state index is 13.0. The third kappa shape index (κ3) is 6.00. The number of esters is 1. The normalized spacial score (nSPS) is 19.7. The van der Waals surface area contributed by atoms with Crippen molar-refractivity contribution in [3.8, 4) is 0 Å². The largest absolute Gasteiger partial charge is 0.449 e. The van der Waals surface area contributed by atoms with Gasteiger partial charge in [-0.2, -0.15) is 4.31 Å². The molecule has 0 unspecified atom stereocenters. The maximum absolute atomic E-state index is 13.0. The summed E-state index contributed by atoms with van der Waals surface area (Å²) in [7, 11) is -3.66. The SMILES string of the molecule is C[C@@H]1C[C@H](C)CN(S(=O)(=O)c2ccc(C(=O)O[C@@H](C)C(=O)Nc3ccc(C(N)=O)cc3)cc2)C1.